The van der Waals surface area contributed by atoms with E-state index in [1.54, 1.807) is 6.92 Å². The summed E-state index contributed by atoms with van der Waals surface area (Å²) in [5, 5.41) is 9.14. The molecule has 1 heterocycles. The van der Waals surface area contributed by atoms with Gasteiger partial charge in [0.2, 0.25) is 10.0 Å². The zero-order valence-electron chi connectivity index (χ0n) is 9.67. The van der Waals surface area contributed by atoms with Crippen LogP contribution in [0.2, 0.25) is 0 Å². The van der Waals surface area contributed by atoms with Gasteiger partial charge in [0.05, 0.1) is 6.10 Å². The predicted octanol–water partition coefficient (Wildman–Crippen LogP) is 1.24. The fraction of sp³-hybridized carbons (Fsp3) is 0.500. The van der Waals surface area contributed by atoms with Crippen LogP contribution in [0.4, 0.5) is 0 Å². The maximum atomic E-state index is 12.1. The third kappa shape index (κ3) is 4.02. The minimum Gasteiger partial charge on any atom is -0.393 e. The fourth-order valence-corrected chi connectivity index (χ4v) is 2.89. The lowest BCUT2D eigenvalue weighted by Gasteiger charge is -2.17. The van der Waals surface area contributed by atoms with Crippen LogP contribution in [0.5, 0.6) is 0 Å². The number of hydrogen-bond acceptors (Lipinski definition) is 4. The molecule has 1 aromatic rings. The molecule has 0 aliphatic carbocycles. The minimum absolute atomic E-state index is 0.139. The number of aromatic nitrogens is 1. The first-order valence-corrected chi connectivity index (χ1v) is 7.32. The number of halogens is 1. The van der Waals surface area contributed by atoms with Crippen molar-refractivity contribution < 1.29 is 13.5 Å². The van der Waals surface area contributed by atoms with E-state index in [2.05, 4.69) is 20.9 Å². The molecule has 1 atom stereocenters. The maximum absolute atomic E-state index is 12.1. The van der Waals surface area contributed by atoms with Gasteiger partial charge in [0.1, 0.15) is 4.90 Å². The van der Waals surface area contributed by atoms with E-state index in [0.717, 1.165) is 0 Å². The van der Waals surface area contributed by atoms with Crippen LogP contribution in [0.25, 0.3) is 0 Å². The second-order valence-electron chi connectivity index (χ2n) is 3.80. The number of nitrogens with zero attached hydrogens (tertiary/aromatic N) is 2. The van der Waals surface area contributed by atoms with Crippen molar-refractivity contribution in [3.8, 4) is 0 Å². The molecule has 1 rings (SSSR count). The summed E-state index contributed by atoms with van der Waals surface area (Å²) in [6.45, 7) is 1.90. The minimum atomic E-state index is -3.53. The first-order valence-electron chi connectivity index (χ1n) is 5.09. The van der Waals surface area contributed by atoms with Gasteiger partial charge < -0.3 is 5.11 Å². The Morgan fingerprint density at radius 3 is 2.71 bits per heavy atom. The van der Waals surface area contributed by atoms with E-state index < -0.39 is 16.1 Å². The number of pyridine rings is 1. The molecular weight excluding hydrogens is 308 g/mol. The van der Waals surface area contributed by atoms with Crippen LogP contribution in [0.15, 0.2) is 27.8 Å². The van der Waals surface area contributed by atoms with Gasteiger partial charge in [-0.15, -0.1) is 0 Å². The third-order valence-corrected chi connectivity index (χ3v) is 4.51. The van der Waals surface area contributed by atoms with Gasteiger partial charge in [0.25, 0.3) is 0 Å². The molecule has 5 nitrogen and oxygen atoms in total. The SMILES string of the molecule is CC(O)CCN(C)S(=O)(=O)c1cncc(Br)c1. The Morgan fingerprint density at radius 1 is 1.53 bits per heavy atom. The molecular formula is C10H15BrN2O3S. The van der Waals surface area contributed by atoms with Crippen LogP contribution in [-0.2, 0) is 10.0 Å². The zero-order chi connectivity index (χ0) is 13.1. The van der Waals surface area contributed by atoms with E-state index in [0.29, 0.717) is 10.9 Å². The molecule has 0 aliphatic heterocycles. The number of aliphatic hydroxyl groups is 1. The summed E-state index contributed by atoms with van der Waals surface area (Å²) < 4.78 is 26.0. The Labute approximate surface area is 110 Å². The molecule has 1 N–H and O–H groups in total. The Bertz CT molecular complexity index is 476. The predicted molar refractivity (Wildman–Crippen MR) is 68.1 cm³/mol. The van der Waals surface area contributed by atoms with Gasteiger partial charge in [-0.3, -0.25) is 4.98 Å². The summed E-state index contributed by atoms with van der Waals surface area (Å²) in [4.78, 5) is 3.96. The van der Waals surface area contributed by atoms with Crippen LogP contribution in [0, 0.1) is 0 Å². The van der Waals surface area contributed by atoms with E-state index in [-0.39, 0.29) is 11.4 Å². The monoisotopic (exact) mass is 322 g/mol. The molecule has 0 saturated heterocycles. The second-order valence-corrected chi connectivity index (χ2v) is 6.76. The van der Waals surface area contributed by atoms with Gasteiger partial charge in [0, 0.05) is 30.5 Å². The lowest BCUT2D eigenvalue weighted by molar-refractivity contribution is 0.177. The topological polar surface area (TPSA) is 70.5 Å². The van der Waals surface area contributed by atoms with Crippen molar-refractivity contribution in [1.82, 2.24) is 9.29 Å². The number of sulfonamides is 1. The highest BCUT2D eigenvalue weighted by Crippen LogP contribution is 2.17. The molecule has 7 heteroatoms. The Hall–Kier alpha value is -0.500. The zero-order valence-corrected chi connectivity index (χ0v) is 12.1. The third-order valence-electron chi connectivity index (χ3n) is 2.25. The van der Waals surface area contributed by atoms with E-state index in [9.17, 15) is 8.42 Å². The summed E-state index contributed by atoms with van der Waals surface area (Å²) >= 11 is 3.18. The van der Waals surface area contributed by atoms with Crippen molar-refractivity contribution in [3.63, 3.8) is 0 Å². The molecule has 0 aliphatic rings. The van der Waals surface area contributed by atoms with Crippen molar-refractivity contribution in [3.05, 3.63) is 22.9 Å². The average molecular weight is 323 g/mol. The molecule has 1 unspecified atom stereocenters. The van der Waals surface area contributed by atoms with Gasteiger partial charge in [-0.2, -0.15) is 0 Å². The quantitative estimate of drug-likeness (QED) is 0.885. The average Bonchev–Trinajstić information content (AvgIpc) is 2.25. The highest BCUT2D eigenvalue weighted by Gasteiger charge is 2.21. The summed E-state index contributed by atoms with van der Waals surface area (Å²) in [6.07, 6.45) is 2.71. The highest BCUT2D eigenvalue weighted by atomic mass is 79.9. The van der Waals surface area contributed by atoms with E-state index >= 15 is 0 Å². The maximum Gasteiger partial charge on any atom is 0.244 e. The van der Waals surface area contributed by atoms with Crippen LogP contribution in [-0.4, -0.2) is 42.5 Å². The van der Waals surface area contributed by atoms with E-state index in [1.807, 2.05) is 0 Å². The molecule has 1 aromatic heterocycles. The summed E-state index contributed by atoms with van der Waals surface area (Å²) in [6, 6.07) is 1.50. The molecule has 0 aromatic carbocycles. The van der Waals surface area contributed by atoms with Crippen molar-refractivity contribution in [1.29, 1.82) is 0 Å². The smallest absolute Gasteiger partial charge is 0.244 e. The first kappa shape index (κ1) is 14.6. The largest absolute Gasteiger partial charge is 0.393 e. The van der Waals surface area contributed by atoms with Gasteiger partial charge in [-0.25, -0.2) is 12.7 Å². The highest BCUT2D eigenvalue weighted by molar-refractivity contribution is 9.10. The Kier molecular flexibility index (Phi) is 5.05. The first-order chi connectivity index (χ1) is 7.84. The van der Waals surface area contributed by atoms with E-state index in [1.165, 1.54) is 29.8 Å². The van der Waals surface area contributed by atoms with Gasteiger partial charge >= 0.3 is 0 Å². The van der Waals surface area contributed by atoms with Gasteiger partial charge in [-0.1, -0.05) is 0 Å². The van der Waals surface area contributed by atoms with Crippen LogP contribution in [0.3, 0.4) is 0 Å². The molecule has 96 valence electrons. The van der Waals surface area contributed by atoms with Crippen molar-refractivity contribution in [2.24, 2.45) is 0 Å². The second kappa shape index (κ2) is 5.90. The van der Waals surface area contributed by atoms with Crippen LogP contribution < -0.4 is 0 Å². The molecule has 17 heavy (non-hydrogen) atoms. The van der Waals surface area contributed by atoms with Gasteiger partial charge in [-0.05, 0) is 35.3 Å². The number of rotatable bonds is 5. The van der Waals surface area contributed by atoms with Crippen LogP contribution in [0.1, 0.15) is 13.3 Å². The van der Waals surface area contributed by atoms with Crippen LogP contribution >= 0.6 is 15.9 Å². The summed E-state index contributed by atoms with van der Waals surface area (Å²) in [5.41, 5.74) is 0. The van der Waals surface area contributed by atoms with Gasteiger partial charge in [0.15, 0.2) is 0 Å². The van der Waals surface area contributed by atoms with Crippen molar-refractivity contribution >= 4 is 26.0 Å². The normalized spacial score (nSPS) is 13.9. The van der Waals surface area contributed by atoms with E-state index in [4.69, 9.17) is 5.11 Å². The molecule has 0 saturated carbocycles. The molecule has 0 radical (unpaired) electrons. The number of hydrogen-bond donors (Lipinski definition) is 1. The molecule has 0 bridgehead atoms. The lowest BCUT2D eigenvalue weighted by Crippen LogP contribution is -2.29. The number of aliphatic hydroxyl groups excluding tert-OH is 1. The molecule has 0 spiro atoms. The van der Waals surface area contributed by atoms with Crippen molar-refractivity contribution in [2.75, 3.05) is 13.6 Å². The standard InChI is InChI=1S/C10H15BrN2O3S/c1-8(14)3-4-13(2)17(15,16)10-5-9(11)6-12-7-10/h5-8,14H,3-4H2,1-2H3. The lowest BCUT2D eigenvalue weighted by atomic mass is 10.3. The Morgan fingerprint density at radius 2 is 2.18 bits per heavy atom. The molecule has 0 amide bonds. The molecule has 0 fully saturated rings. The fourth-order valence-electron chi connectivity index (χ4n) is 1.20. The summed E-state index contributed by atoms with van der Waals surface area (Å²) in [5.74, 6) is 0. The summed E-state index contributed by atoms with van der Waals surface area (Å²) in [7, 11) is -2.04. The van der Waals surface area contributed by atoms with Crippen molar-refractivity contribution in [2.45, 2.75) is 24.3 Å². The Balaban J connectivity index is 2.88.